The predicted molar refractivity (Wildman–Crippen MR) is 90.1 cm³/mol. The zero-order chi connectivity index (χ0) is 14.7. The van der Waals surface area contributed by atoms with Crippen LogP contribution in [0, 0.1) is 0 Å². The second kappa shape index (κ2) is 7.56. The zero-order valence-electron chi connectivity index (χ0n) is 10.9. The Bertz CT molecular complexity index is 479. The van der Waals surface area contributed by atoms with E-state index in [1.807, 2.05) is 6.07 Å². The molecule has 1 aliphatic heterocycles. The molecule has 4 nitrogen and oxygen atoms in total. The van der Waals surface area contributed by atoms with Gasteiger partial charge in [0.1, 0.15) is 5.75 Å². The summed E-state index contributed by atoms with van der Waals surface area (Å²) in [7, 11) is 0. The summed E-state index contributed by atoms with van der Waals surface area (Å²) in [6, 6.07) is 1.92. The van der Waals surface area contributed by atoms with Gasteiger partial charge in [0.2, 0.25) is 0 Å². The lowest BCUT2D eigenvalue weighted by Crippen LogP contribution is -2.45. The fraction of sp³-hybridized carbons (Fsp3) is 0.538. The maximum Gasteiger partial charge on any atom is 0.144 e. The lowest BCUT2D eigenvalue weighted by Gasteiger charge is -2.36. The molecular formula is C13H17Br3N2O2. The third kappa shape index (κ3) is 3.56. The Kier molecular flexibility index (Phi) is 6.31. The number of aliphatic hydroxyl groups is 1. The molecule has 3 N–H and O–H groups in total. The van der Waals surface area contributed by atoms with E-state index in [1.165, 1.54) is 0 Å². The van der Waals surface area contributed by atoms with Crippen molar-refractivity contribution in [1.29, 1.82) is 0 Å². The molecular weight excluding hydrogens is 456 g/mol. The summed E-state index contributed by atoms with van der Waals surface area (Å²) in [5.41, 5.74) is 0.988. The van der Waals surface area contributed by atoms with E-state index in [9.17, 15) is 10.2 Å². The summed E-state index contributed by atoms with van der Waals surface area (Å²) >= 11 is 10.4. The number of nitrogens with zero attached hydrogens (tertiary/aromatic N) is 1. The van der Waals surface area contributed by atoms with Gasteiger partial charge in [0.25, 0.3) is 0 Å². The normalized spacial score (nSPS) is 18.2. The molecule has 1 aromatic carbocycles. The Morgan fingerprint density at radius 1 is 1.20 bits per heavy atom. The van der Waals surface area contributed by atoms with E-state index in [-0.39, 0.29) is 18.4 Å². The lowest BCUT2D eigenvalue weighted by molar-refractivity contribution is 0.140. The summed E-state index contributed by atoms with van der Waals surface area (Å²) in [5.74, 6) is 0.196. The Morgan fingerprint density at radius 3 is 2.45 bits per heavy atom. The molecule has 0 saturated carbocycles. The fourth-order valence-electron chi connectivity index (χ4n) is 2.53. The second-order valence-corrected chi connectivity index (χ2v) is 7.23. The molecule has 0 bridgehead atoms. The second-order valence-electron chi connectivity index (χ2n) is 4.73. The molecule has 1 atom stereocenters. The SMILES string of the molecule is OCC[C@H](c1c(Br)cc(Br)c(O)c1Br)N1CCNCC1. The van der Waals surface area contributed by atoms with Crippen LogP contribution in [0.5, 0.6) is 5.75 Å². The van der Waals surface area contributed by atoms with Gasteiger partial charge in [0.05, 0.1) is 8.95 Å². The largest absolute Gasteiger partial charge is 0.506 e. The maximum atomic E-state index is 10.1. The highest BCUT2D eigenvalue weighted by Crippen LogP contribution is 2.44. The van der Waals surface area contributed by atoms with Crippen molar-refractivity contribution in [3.05, 3.63) is 25.0 Å². The van der Waals surface area contributed by atoms with Gasteiger partial charge in [-0.05, 0) is 44.3 Å². The smallest absolute Gasteiger partial charge is 0.144 e. The van der Waals surface area contributed by atoms with Crippen LogP contribution >= 0.6 is 47.8 Å². The minimum absolute atomic E-state index is 0.0739. The van der Waals surface area contributed by atoms with Gasteiger partial charge in [-0.3, -0.25) is 4.90 Å². The molecule has 1 aliphatic rings. The first-order valence-corrected chi connectivity index (χ1v) is 8.86. The van der Waals surface area contributed by atoms with E-state index in [2.05, 4.69) is 58.0 Å². The molecule has 2 rings (SSSR count). The topological polar surface area (TPSA) is 55.7 Å². The summed E-state index contributed by atoms with van der Waals surface area (Å²) in [4.78, 5) is 2.34. The van der Waals surface area contributed by atoms with Gasteiger partial charge in [-0.25, -0.2) is 0 Å². The molecule has 20 heavy (non-hydrogen) atoms. The molecule has 0 radical (unpaired) electrons. The lowest BCUT2D eigenvalue weighted by atomic mass is 10.0. The van der Waals surface area contributed by atoms with E-state index in [0.29, 0.717) is 15.4 Å². The average molecular weight is 473 g/mol. The highest BCUT2D eigenvalue weighted by Gasteiger charge is 2.27. The third-order valence-electron chi connectivity index (χ3n) is 3.51. The molecule has 7 heteroatoms. The van der Waals surface area contributed by atoms with Crippen LogP contribution in [0.15, 0.2) is 19.5 Å². The Labute approximate surface area is 143 Å². The first-order chi connectivity index (χ1) is 9.56. The standard InChI is InChI=1S/C13H17Br3N2O2/c14-8-7-9(15)13(20)12(16)11(8)10(1-6-19)18-4-2-17-3-5-18/h7,10,17,19-20H,1-6H2/t10-/m1/s1. The van der Waals surface area contributed by atoms with Crippen LogP contribution in [0.2, 0.25) is 0 Å². The number of aromatic hydroxyl groups is 1. The minimum atomic E-state index is 0.0739. The van der Waals surface area contributed by atoms with Gasteiger partial charge in [0, 0.05) is 48.9 Å². The van der Waals surface area contributed by atoms with Crippen molar-refractivity contribution in [3.8, 4) is 5.75 Å². The monoisotopic (exact) mass is 470 g/mol. The summed E-state index contributed by atoms with van der Waals surface area (Å²) in [5, 5.41) is 22.8. The van der Waals surface area contributed by atoms with Crippen molar-refractivity contribution < 1.29 is 10.2 Å². The number of phenols is 1. The first kappa shape index (κ1) is 16.7. The Morgan fingerprint density at radius 2 is 1.85 bits per heavy atom. The molecule has 1 heterocycles. The fourth-order valence-corrected chi connectivity index (χ4v) is 5.17. The number of benzene rings is 1. The average Bonchev–Trinajstić information content (AvgIpc) is 2.45. The van der Waals surface area contributed by atoms with Gasteiger partial charge >= 0.3 is 0 Å². The van der Waals surface area contributed by atoms with Crippen LogP contribution in [0.25, 0.3) is 0 Å². The van der Waals surface area contributed by atoms with Crippen LogP contribution in [0.1, 0.15) is 18.0 Å². The van der Waals surface area contributed by atoms with Gasteiger partial charge in [-0.15, -0.1) is 0 Å². The zero-order valence-corrected chi connectivity index (χ0v) is 15.6. The maximum absolute atomic E-state index is 10.1. The van der Waals surface area contributed by atoms with E-state index >= 15 is 0 Å². The van der Waals surface area contributed by atoms with E-state index in [4.69, 9.17) is 0 Å². The number of halogens is 3. The van der Waals surface area contributed by atoms with Crippen LogP contribution < -0.4 is 5.32 Å². The summed E-state index contributed by atoms with van der Waals surface area (Å²) in [6.45, 7) is 3.87. The van der Waals surface area contributed by atoms with Crippen LogP contribution in [-0.4, -0.2) is 47.9 Å². The molecule has 0 aliphatic carbocycles. The predicted octanol–water partition coefficient (Wildman–Crippen LogP) is 3.01. The highest BCUT2D eigenvalue weighted by atomic mass is 79.9. The minimum Gasteiger partial charge on any atom is -0.506 e. The molecule has 0 unspecified atom stereocenters. The van der Waals surface area contributed by atoms with Crippen molar-refractivity contribution in [2.24, 2.45) is 0 Å². The number of piperazine rings is 1. The van der Waals surface area contributed by atoms with Gasteiger partial charge in [0.15, 0.2) is 0 Å². The molecule has 0 spiro atoms. The molecule has 112 valence electrons. The van der Waals surface area contributed by atoms with Crippen molar-refractivity contribution in [1.82, 2.24) is 10.2 Å². The molecule has 1 saturated heterocycles. The summed E-state index contributed by atoms with van der Waals surface area (Å²) in [6.07, 6.45) is 0.637. The van der Waals surface area contributed by atoms with E-state index in [0.717, 1.165) is 36.2 Å². The van der Waals surface area contributed by atoms with Crippen LogP contribution in [0.3, 0.4) is 0 Å². The number of aliphatic hydroxyl groups excluding tert-OH is 1. The van der Waals surface area contributed by atoms with E-state index in [1.54, 1.807) is 0 Å². The number of rotatable bonds is 4. The summed E-state index contributed by atoms with van der Waals surface area (Å²) < 4.78 is 2.24. The van der Waals surface area contributed by atoms with Crippen molar-refractivity contribution in [2.75, 3.05) is 32.8 Å². The van der Waals surface area contributed by atoms with Crippen LogP contribution in [-0.2, 0) is 0 Å². The molecule has 1 fully saturated rings. The highest BCUT2D eigenvalue weighted by molar-refractivity contribution is 9.11. The Hall–Kier alpha value is 0.340. The van der Waals surface area contributed by atoms with Gasteiger partial charge in [-0.2, -0.15) is 0 Å². The van der Waals surface area contributed by atoms with Gasteiger partial charge in [-0.1, -0.05) is 15.9 Å². The first-order valence-electron chi connectivity index (χ1n) is 6.48. The van der Waals surface area contributed by atoms with Crippen molar-refractivity contribution in [2.45, 2.75) is 12.5 Å². The van der Waals surface area contributed by atoms with Crippen molar-refractivity contribution in [3.63, 3.8) is 0 Å². The number of nitrogens with one attached hydrogen (secondary N) is 1. The van der Waals surface area contributed by atoms with E-state index < -0.39 is 0 Å². The molecule has 1 aromatic rings. The molecule has 0 aromatic heterocycles. The number of hydrogen-bond acceptors (Lipinski definition) is 4. The quantitative estimate of drug-likeness (QED) is 0.630. The van der Waals surface area contributed by atoms with Crippen LogP contribution in [0.4, 0.5) is 0 Å². The number of phenolic OH excluding ortho intramolecular Hbond substituents is 1. The third-order valence-corrected chi connectivity index (χ3v) is 5.57. The van der Waals surface area contributed by atoms with Gasteiger partial charge < -0.3 is 15.5 Å². The Balaban J connectivity index is 2.40. The van der Waals surface area contributed by atoms with Crippen molar-refractivity contribution >= 4 is 47.8 Å². The number of hydrogen-bond donors (Lipinski definition) is 3. The molecule has 0 amide bonds.